The molecule has 0 saturated carbocycles. The summed E-state index contributed by atoms with van der Waals surface area (Å²) in [5.41, 5.74) is 5.61. The van der Waals surface area contributed by atoms with Crippen LogP contribution in [0.3, 0.4) is 0 Å². The molecular weight excluding hydrogens is 376 g/mol. The molecule has 3 saturated heterocycles. The van der Waals surface area contributed by atoms with Crippen LogP contribution in [0.2, 0.25) is 0 Å². The van der Waals surface area contributed by atoms with E-state index in [1.807, 2.05) is 18.2 Å². The highest BCUT2D eigenvalue weighted by Crippen LogP contribution is 2.33. The van der Waals surface area contributed by atoms with Crippen molar-refractivity contribution in [2.45, 2.75) is 51.2 Å². The summed E-state index contributed by atoms with van der Waals surface area (Å²) < 4.78 is 2.18. The summed E-state index contributed by atoms with van der Waals surface area (Å²) in [5, 5.41) is 9.49. The highest BCUT2D eigenvalue weighted by molar-refractivity contribution is 5.67. The van der Waals surface area contributed by atoms with Crippen molar-refractivity contribution in [2.75, 3.05) is 13.1 Å². The fourth-order valence-electron chi connectivity index (χ4n) is 4.99. The van der Waals surface area contributed by atoms with Crippen LogP contribution in [0.15, 0.2) is 48.7 Å². The van der Waals surface area contributed by atoms with Crippen LogP contribution in [0.5, 0.6) is 0 Å². The van der Waals surface area contributed by atoms with Gasteiger partial charge in [-0.25, -0.2) is 9.78 Å². The fraction of sp³-hybridized carbons (Fsp3) is 0.417. The first-order valence-electron chi connectivity index (χ1n) is 10.8. The van der Waals surface area contributed by atoms with Gasteiger partial charge in [0.15, 0.2) is 0 Å². The third-order valence-corrected chi connectivity index (χ3v) is 6.72. The highest BCUT2D eigenvalue weighted by atomic mass is 16.4. The molecule has 156 valence electrons. The van der Waals surface area contributed by atoms with Crippen molar-refractivity contribution >= 4 is 11.7 Å². The molecule has 1 N–H and O–H groups in total. The maximum atomic E-state index is 11.6. The predicted octanol–water partition coefficient (Wildman–Crippen LogP) is 4.45. The van der Waals surface area contributed by atoms with Gasteiger partial charge in [-0.15, -0.1) is 0 Å². The number of nitrogens with zero attached hydrogens (tertiary/aromatic N) is 4. The summed E-state index contributed by atoms with van der Waals surface area (Å²) in [5.74, 6) is 0.501. The Kier molecular flexibility index (Phi) is 4.74. The number of amides is 1. The van der Waals surface area contributed by atoms with E-state index in [-0.39, 0.29) is 12.1 Å². The van der Waals surface area contributed by atoms with Gasteiger partial charge in [-0.2, -0.15) is 0 Å². The number of carbonyl (C=O) groups is 1. The number of hydrogen-bond acceptors (Lipinski definition) is 3. The third kappa shape index (κ3) is 3.25. The van der Waals surface area contributed by atoms with Crippen LogP contribution in [0.4, 0.5) is 4.79 Å². The number of fused-ring (bicyclic) bond motifs is 4. The fourth-order valence-corrected chi connectivity index (χ4v) is 4.99. The number of carboxylic acid groups (broad SMARTS) is 1. The maximum absolute atomic E-state index is 11.6. The van der Waals surface area contributed by atoms with Gasteiger partial charge in [0.2, 0.25) is 0 Å². The smallest absolute Gasteiger partial charge is 0.407 e. The lowest BCUT2D eigenvalue weighted by Crippen LogP contribution is -2.63. The number of rotatable bonds is 4. The van der Waals surface area contributed by atoms with E-state index in [0.29, 0.717) is 12.5 Å². The minimum absolute atomic E-state index is 0.0976. The molecule has 6 rings (SSSR count). The first-order valence-corrected chi connectivity index (χ1v) is 10.8. The largest absolute Gasteiger partial charge is 0.465 e. The number of hydrogen-bond donors (Lipinski definition) is 1. The second-order valence-electron chi connectivity index (χ2n) is 8.86. The zero-order valence-electron chi connectivity index (χ0n) is 17.5. The molecule has 2 bridgehead atoms. The minimum atomic E-state index is -0.787. The Hall–Kier alpha value is -2.86. The van der Waals surface area contributed by atoms with Gasteiger partial charge in [-0.05, 0) is 36.5 Å². The lowest BCUT2D eigenvalue weighted by molar-refractivity contribution is -0.0158. The van der Waals surface area contributed by atoms with Crippen LogP contribution in [-0.2, 0) is 6.54 Å². The molecule has 3 aliphatic heterocycles. The molecule has 6 heteroatoms. The first-order chi connectivity index (χ1) is 14.5. The molecule has 5 heterocycles. The topological polar surface area (TPSA) is 61.1 Å². The number of piperidine rings is 2. The Morgan fingerprint density at radius 1 is 1.10 bits per heavy atom. The van der Waals surface area contributed by atoms with Crippen molar-refractivity contribution < 1.29 is 9.90 Å². The minimum Gasteiger partial charge on any atom is -0.465 e. The molecule has 0 spiro atoms. The zero-order valence-corrected chi connectivity index (χ0v) is 17.5. The van der Waals surface area contributed by atoms with Gasteiger partial charge >= 0.3 is 6.09 Å². The van der Waals surface area contributed by atoms with Crippen LogP contribution in [0.1, 0.15) is 43.9 Å². The van der Waals surface area contributed by atoms with Gasteiger partial charge in [-0.3, -0.25) is 4.90 Å². The molecule has 3 aliphatic rings. The summed E-state index contributed by atoms with van der Waals surface area (Å²) in [7, 11) is 0. The molecule has 6 nitrogen and oxygen atoms in total. The van der Waals surface area contributed by atoms with Gasteiger partial charge in [0.05, 0.1) is 11.4 Å². The molecule has 30 heavy (non-hydrogen) atoms. The quantitative estimate of drug-likeness (QED) is 0.698. The number of piperazine rings is 1. The van der Waals surface area contributed by atoms with Crippen molar-refractivity contribution in [3.63, 3.8) is 0 Å². The van der Waals surface area contributed by atoms with E-state index < -0.39 is 6.09 Å². The van der Waals surface area contributed by atoms with E-state index in [2.05, 4.69) is 53.6 Å². The average Bonchev–Trinajstić information content (AvgIpc) is 3.12. The van der Waals surface area contributed by atoms with Crippen LogP contribution in [-0.4, -0.2) is 55.6 Å². The molecule has 3 aromatic rings. The molecule has 2 aromatic heterocycles. The summed E-state index contributed by atoms with van der Waals surface area (Å²) in [6.07, 6.45) is 3.31. The van der Waals surface area contributed by atoms with Crippen molar-refractivity contribution in [3.8, 4) is 11.3 Å². The van der Waals surface area contributed by atoms with Crippen molar-refractivity contribution in [3.05, 3.63) is 59.9 Å². The van der Waals surface area contributed by atoms with Gasteiger partial charge in [0, 0.05) is 43.5 Å². The Labute approximate surface area is 176 Å². The first kappa shape index (κ1) is 19.1. The highest BCUT2D eigenvalue weighted by Gasteiger charge is 2.41. The molecular formula is C24H28N4O2. The SMILES string of the molecule is CC(C)c1ccc(-c2nc3ccccn3c2CN2CC3CCC2CN3C(=O)O)cc1. The Morgan fingerprint density at radius 3 is 2.53 bits per heavy atom. The molecule has 1 aromatic carbocycles. The van der Waals surface area contributed by atoms with Crippen LogP contribution >= 0.6 is 0 Å². The van der Waals surface area contributed by atoms with Gasteiger partial charge in [0.25, 0.3) is 0 Å². The lowest BCUT2D eigenvalue weighted by Gasteiger charge is -2.50. The number of benzene rings is 1. The predicted molar refractivity (Wildman–Crippen MR) is 117 cm³/mol. The second kappa shape index (κ2) is 7.43. The summed E-state index contributed by atoms with van der Waals surface area (Å²) in [4.78, 5) is 20.6. The molecule has 2 unspecified atom stereocenters. The average molecular weight is 405 g/mol. The number of pyridine rings is 1. The Balaban J connectivity index is 1.50. The zero-order chi connectivity index (χ0) is 20.8. The molecule has 1 amide bonds. The monoisotopic (exact) mass is 404 g/mol. The standard InChI is InChI=1S/C24H28N4O2/c1-16(2)17-6-8-18(9-7-17)23-21(27-12-4-3-5-22(27)25-23)15-26-13-20-11-10-19(26)14-28(20)24(29)30/h3-9,12,16,19-20H,10-11,13-15H2,1-2H3,(H,29,30). The van der Waals surface area contributed by atoms with E-state index >= 15 is 0 Å². The second-order valence-corrected chi connectivity index (χ2v) is 8.86. The maximum Gasteiger partial charge on any atom is 0.407 e. The molecule has 3 fully saturated rings. The molecule has 0 radical (unpaired) electrons. The third-order valence-electron chi connectivity index (χ3n) is 6.72. The van der Waals surface area contributed by atoms with E-state index in [0.717, 1.165) is 42.8 Å². The Morgan fingerprint density at radius 2 is 1.87 bits per heavy atom. The van der Waals surface area contributed by atoms with Gasteiger partial charge in [-0.1, -0.05) is 44.2 Å². The van der Waals surface area contributed by atoms with E-state index in [1.54, 1.807) is 4.90 Å². The molecule has 2 atom stereocenters. The van der Waals surface area contributed by atoms with E-state index in [4.69, 9.17) is 4.98 Å². The van der Waals surface area contributed by atoms with Crippen LogP contribution < -0.4 is 0 Å². The summed E-state index contributed by atoms with van der Waals surface area (Å²) >= 11 is 0. The number of imidazole rings is 1. The van der Waals surface area contributed by atoms with E-state index in [9.17, 15) is 9.90 Å². The lowest BCUT2D eigenvalue weighted by atomic mass is 9.91. The van der Waals surface area contributed by atoms with Crippen molar-refractivity contribution in [1.82, 2.24) is 19.2 Å². The number of aromatic nitrogens is 2. The summed E-state index contributed by atoms with van der Waals surface area (Å²) in [6, 6.07) is 15.2. The van der Waals surface area contributed by atoms with Crippen molar-refractivity contribution in [2.24, 2.45) is 0 Å². The Bertz CT molecular complexity index is 1070. The molecule has 0 aliphatic carbocycles. The summed E-state index contributed by atoms with van der Waals surface area (Å²) in [6.45, 7) is 6.59. The van der Waals surface area contributed by atoms with Gasteiger partial charge in [0.1, 0.15) is 5.65 Å². The van der Waals surface area contributed by atoms with Crippen molar-refractivity contribution in [1.29, 1.82) is 0 Å². The van der Waals surface area contributed by atoms with Crippen LogP contribution in [0, 0.1) is 0 Å². The van der Waals surface area contributed by atoms with Crippen LogP contribution in [0.25, 0.3) is 16.9 Å². The van der Waals surface area contributed by atoms with E-state index in [1.165, 1.54) is 11.3 Å². The van der Waals surface area contributed by atoms with Gasteiger partial charge < -0.3 is 14.4 Å². The normalized spacial score (nSPS) is 21.6.